The maximum Gasteiger partial charge on any atom is 0.317 e. The zero-order valence-electron chi connectivity index (χ0n) is 8.74. The number of halogens is 3. The van der Waals surface area contributed by atoms with Crippen molar-refractivity contribution in [2.45, 2.75) is 9.79 Å². The first-order chi connectivity index (χ1) is 8.12. The maximum atomic E-state index is 6.59. The second-order valence-corrected chi connectivity index (χ2v) is 9.41. The highest BCUT2D eigenvalue weighted by atomic mass is 36.0. The molecule has 3 rings (SSSR count). The van der Waals surface area contributed by atoms with Crippen molar-refractivity contribution in [3.63, 3.8) is 0 Å². The Balaban J connectivity index is 2.34. The van der Waals surface area contributed by atoms with Crippen LogP contribution in [0.2, 0.25) is 0 Å². The predicted molar refractivity (Wildman–Crippen MR) is 79.6 cm³/mol. The Hall–Kier alpha value is -0.275. The number of hydrogen-bond donors (Lipinski definition) is 0. The first-order valence-electron chi connectivity index (χ1n) is 5.17. The fourth-order valence-corrected chi connectivity index (χ4v) is 6.03. The second-order valence-electron chi connectivity index (χ2n) is 3.91. The summed E-state index contributed by atoms with van der Waals surface area (Å²) in [5, 5.41) is 0. The van der Waals surface area contributed by atoms with Crippen LogP contribution in [0.1, 0.15) is 0 Å². The first kappa shape index (κ1) is 11.8. The smallest absolute Gasteiger partial charge is 0.182 e. The quantitative estimate of drug-likeness (QED) is 0.648. The van der Waals surface area contributed by atoms with Crippen molar-refractivity contribution < 1.29 is 0 Å². The molecule has 0 amide bonds. The van der Waals surface area contributed by atoms with Crippen molar-refractivity contribution in [3.05, 3.63) is 48.5 Å². The molecule has 0 nitrogen and oxygen atoms in total. The van der Waals surface area contributed by atoms with E-state index in [1.54, 1.807) is 0 Å². The van der Waals surface area contributed by atoms with Gasteiger partial charge in [0.1, 0.15) is 0 Å². The highest BCUT2D eigenvalue weighted by molar-refractivity contribution is 8.66. The van der Waals surface area contributed by atoms with Crippen molar-refractivity contribution in [2.75, 3.05) is 0 Å². The van der Waals surface area contributed by atoms with Gasteiger partial charge in [-0.2, -0.15) is 11.5 Å². The van der Waals surface area contributed by atoms with Gasteiger partial charge in [-0.25, -0.2) is 0 Å². The Kier molecular flexibility index (Phi) is 2.87. The third kappa shape index (κ3) is 1.70. The minimum absolute atomic E-state index is 0.166. The summed E-state index contributed by atoms with van der Waals surface area (Å²) in [6, 6.07) is 15.7. The van der Waals surface area contributed by atoms with Crippen molar-refractivity contribution in [2.24, 2.45) is 0 Å². The van der Waals surface area contributed by atoms with E-state index in [0.717, 1.165) is 20.7 Å². The van der Waals surface area contributed by atoms with Gasteiger partial charge in [-0.3, -0.25) is 0 Å². The Morgan fingerprint density at radius 1 is 0.765 bits per heavy atom. The minimum atomic E-state index is -1.97. The Morgan fingerprint density at radius 3 is 1.65 bits per heavy atom. The molecule has 2 aromatic carbocycles. The average Bonchev–Trinajstić information content (AvgIpc) is 2.37. The molecular formula is C12H8BCl3S. The maximum absolute atomic E-state index is 6.59. The van der Waals surface area contributed by atoms with E-state index in [2.05, 4.69) is 0 Å². The van der Waals surface area contributed by atoms with E-state index in [4.69, 9.17) is 32.8 Å². The minimum Gasteiger partial charge on any atom is -0.182 e. The van der Waals surface area contributed by atoms with Crippen LogP contribution in [0.15, 0.2) is 58.3 Å². The third-order valence-electron chi connectivity index (χ3n) is 2.94. The summed E-state index contributed by atoms with van der Waals surface area (Å²) in [6.07, 6.45) is -0.166. The lowest BCUT2D eigenvalue weighted by Crippen LogP contribution is -2.44. The molecule has 0 atom stereocenters. The molecule has 1 heterocycles. The van der Waals surface area contributed by atoms with E-state index in [1.165, 1.54) is 0 Å². The van der Waals surface area contributed by atoms with Crippen LogP contribution in [0.4, 0.5) is 0 Å². The second kappa shape index (κ2) is 4.13. The predicted octanol–water partition coefficient (Wildman–Crippen LogP) is 3.87. The molecule has 1 aliphatic rings. The summed E-state index contributed by atoms with van der Waals surface area (Å²) in [4.78, 5) is 1.92. The van der Waals surface area contributed by atoms with Gasteiger partial charge in [-0.1, -0.05) is 36.4 Å². The lowest BCUT2D eigenvalue weighted by Gasteiger charge is -2.35. The Labute approximate surface area is 116 Å². The molecule has 0 N–H and O–H groups in total. The topological polar surface area (TPSA) is 0 Å². The van der Waals surface area contributed by atoms with Gasteiger partial charge in [-0.15, -0.1) is 0 Å². The monoisotopic (exact) mass is 300 g/mol. The molecule has 0 radical (unpaired) electrons. The van der Waals surface area contributed by atoms with Crippen LogP contribution in [0.3, 0.4) is 0 Å². The molecule has 0 unspecified atom stereocenters. The zero-order valence-corrected chi connectivity index (χ0v) is 11.8. The summed E-state index contributed by atoms with van der Waals surface area (Å²) in [6.45, 7) is 0. The fourth-order valence-electron chi connectivity index (χ4n) is 2.13. The van der Waals surface area contributed by atoms with Crippen LogP contribution >= 0.6 is 41.3 Å². The van der Waals surface area contributed by atoms with Gasteiger partial charge in [0, 0.05) is 9.79 Å². The average molecular weight is 301 g/mol. The van der Waals surface area contributed by atoms with Gasteiger partial charge in [0.15, 0.2) is 0 Å². The normalized spacial score (nSPS) is 18.2. The molecular weight excluding hydrogens is 293 g/mol. The summed E-state index contributed by atoms with van der Waals surface area (Å²) in [7, 11) is 11.2. The molecule has 86 valence electrons. The van der Waals surface area contributed by atoms with Crippen LogP contribution in [0.5, 0.6) is 0 Å². The van der Waals surface area contributed by atoms with Gasteiger partial charge in [0.2, 0.25) is 0 Å². The highest BCUT2D eigenvalue weighted by Gasteiger charge is 2.38. The zero-order chi connectivity index (χ0) is 12.0. The first-order valence-corrected chi connectivity index (χ1v) is 8.89. The summed E-state index contributed by atoms with van der Waals surface area (Å²) in [5.41, 5.74) is 2.04. The SMILES string of the molecule is ClB1c2ccccc2S(Cl)(Cl)c2ccccc21. The molecule has 2 aromatic rings. The van der Waals surface area contributed by atoms with Gasteiger partial charge in [-0.05, 0) is 52.9 Å². The van der Waals surface area contributed by atoms with Crippen LogP contribution in [0.25, 0.3) is 0 Å². The molecule has 17 heavy (non-hydrogen) atoms. The lowest BCUT2D eigenvalue weighted by molar-refractivity contribution is 1.42. The Bertz CT molecular complexity index is 536. The molecule has 0 spiro atoms. The highest BCUT2D eigenvalue weighted by Crippen LogP contribution is 2.70. The molecule has 0 aromatic heterocycles. The van der Waals surface area contributed by atoms with E-state index in [-0.39, 0.29) is 6.13 Å². The van der Waals surface area contributed by atoms with E-state index < -0.39 is 8.46 Å². The van der Waals surface area contributed by atoms with Crippen molar-refractivity contribution in [1.82, 2.24) is 0 Å². The summed E-state index contributed by atoms with van der Waals surface area (Å²) < 4.78 is 0. The van der Waals surface area contributed by atoms with E-state index in [1.807, 2.05) is 48.5 Å². The van der Waals surface area contributed by atoms with E-state index in [0.29, 0.717) is 0 Å². The van der Waals surface area contributed by atoms with Gasteiger partial charge < -0.3 is 0 Å². The van der Waals surface area contributed by atoms with Crippen molar-refractivity contribution >= 4 is 58.3 Å². The molecule has 5 heteroatoms. The largest absolute Gasteiger partial charge is 0.317 e. The van der Waals surface area contributed by atoms with Crippen LogP contribution in [-0.2, 0) is 0 Å². The summed E-state index contributed by atoms with van der Waals surface area (Å²) in [5.74, 6) is 0. The van der Waals surface area contributed by atoms with Crippen LogP contribution in [0, 0.1) is 0 Å². The third-order valence-corrected chi connectivity index (χ3v) is 7.25. The molecule has 0 saturated carbocycles. The Morgan fingerprint density at radius 2 is 1.18 bits per heavy atom. The number of fused-ring (bicyclic) bond motifs is 2. The number of rotatable bonds is 0. The van der Waals surface area contributed by atoms with Crippen molar-refractivity contribution in [1.29, 1.82) is 0 Å². The van der Waals surface area contributed by atoms with E-state index >= 15 is 0 Å². The lowest BCUT2D eigenvalue weighted by atomic mass is 9.62. The number of hydrogen-bond acceptors (Lipinski definition) is 0. The molecule has 0 fully saturated rings. The molecule has 0 aliphatic carbocycles. The van der Waals surface area contributed by atoms with Crippen LogP contribution in [-0.4, -0.2) is 6.13 Å². The fraction of sp³-hybridized carbons (Fsp3) is 0. The standard InChI is InChI=1S/C12H8BCl3S/c14-13-9-5-1-3-7-11(9)17(15,16)12-8-4-2-6-10(12)13/h1-8H. The molecule has 1 aliphatic heterocycles. The summed E-state index contributed by atoms with van der Waals surface area (Å²) >= 11 is 6.50. The van der Waals surface area contributed by atoms with Gasteiger partial charge in [0.05, 0.1) is 0 Å². The van der Waals surface area contributed by atoms with Crippen LogP contribution < -0.4 is 10.9 Å². The molecule has 0 bridgehead atoms. The van der Waals surface area contributed by atoms with Gasteiger partial charge in [0.25, 0.3) is 0 Å². The number of benzene rings is 2. The van der Waals surface area contributed by atoms with Gasteiger partial charge >= 0.3 is 6.13 Å². The molecule has 0 saturated heterocycles. The van der Waals surface area contributed by atoms with Crippen molar-refractivity contribution in [3.8, 4) is 0 Å². The van der Waals surface area contributed by atoms with E-state index in [9.17, 15) is 0 Å².